The van der Waals surface area contributed by atoms with Crippen molar-refractivity contribution in [2.75, 3.05) is 10.7 Å². The fourth-order valence-corrected chi connectivity index (χ4v) is 3.60. The van der Waals surface area contributed by atoms with Crippen molar-refractivity contribution >= 4 is 29.0 Å². The number of non-ortho nitro benzene ring substituents is 1. The Labute approximate surface area is 131 Å². The summed E-state index contributed by atoms with van der Waals surface area (Å²) < 4.78 is 1.94. The van der Waals surface area contributed by atoms with Gasteiger partial charge in [-0.2, -0.15) is 0 Å². The van der Waals surface area contributed by atoms with E-state index in [1.54, 1.807) is 28.8 Å². The van der Waals surface area contributed by atoms with Gasteiger partial charge in [0.25, 0.3) is 5.69 Å². The molecule has 0 radical (unpaired) electrons. The Bertz CT molecular complexity index is 733. The molecule has 0 saturated carbocycles. The van der Waals surface area contributed by atoms with Gasteiger partial charge >= 0.3 is 0 Å². The lowest BCUT2D eigenvalue weighted by atomic mass is 10.2. The average molecular weight is 316 g/mol. The second kappa shape index (κ2) is 5.76. The highest BCUT2D eigenvalue weighted by molar-refractivity contribution is 8.00. The number of carbonyl (C=O) groups is 1. The fourth-order valence-electron chi connectivity index (χ4n) is 2.44. The van der Waals surface area contributed by atoms with Crippen molar-refractivity contribution in [3.8, 4) is 0 Å². The number of hydrogen-bond donors (Lipinski definition) is 0. The van der Waals surface area contributed by atoms with E-state index in [0.717, 1.165) is 5.56 Å². The fraction of sp³-hybridized carbons (Fsp3) is 0.200. The van der Waals surface area contributed by atoms with Crippen LogP contribution in [0.3, 0.4) is 0 Å². The van der Waals surface area contributed by atoms with Gasteiger partial charge in [-0.25, -0.2) is 4.57 Å². The number of nitro benzene ring substituents is 1. The Morgan fingerprint density at radius 1 is 1.32 bits per heavy atom. The number of aryl methyl sites for hydroxylation is 1. The normalized spacial score (nSPS) is 17.8. The molecule has 0 N–H and O–H groups in total. The third-order valence-corrected chi connectivity index (χ3v) is 4.67. The van der Waals surface area contributed by atoms with Crippen molar-refractivity contribution in [2.24, 2.45) is 7.05 Å². The lowest BCUT2D eigenvalue weighted by molar-refractivity contribution is -0.671. The van der Waals surface area contributed by atoms with E-state index in [9.17, 15) is 14.9 Å². The van der Waals surface area contributed by atoms with Crippen LogP contribution in [0, 0.1) is 10.1 Å². The van der Waals surface area contributed by atoms with Gasteiger partial charge in [0.1, 0.15) is 12.4 Å². The van der Waals surface area contributed by atoms with Crippen LogP contribution in [0.25, 0.3) is 0 Å². The molecule has 1 amide bonds. The summed E-state index contributed by atoms with van der Waals surface area (Å²) in [4.78, 5) is 24.2. The van der Waals surface area contributed by atoms with Crippen LogP contribution in [-0.4, -0.2) is 16.6 Å². The van der Waals surface area contributed by atoms with Crippen LogP contribution in [0.2, 0.25) is 0 Å². The molecule has 0 aliphatic carbocycles. The molecule has 3 rings (SSSR count). The molecule has 1 atom stereocenters. The zero-order chi connectivity index (χ0) is 15.7. The number of nitro groups is 1. The van der Waals surface area contributed by atoms with Gasteiger partial charge in [0.15, 0.2) is 12.4 Å². The number of nitrogens with zero attached hydrogens (tertiary/aromatic N) is 3. The van der Waals surface area contributed by atoms with Crippen LogP contribution in [0.1, 0.15) is 10.9 Å². The van der Waals surface area contributed by atoms with Gasteiger partial charge in [0.05, 0.1) is 10.7 Å². The van der Waals surface area contributed by atoms with Gasteiger partial charge in [0.2, 0.25) is 5.91 Å². The Morgan fingerprint density at radius 2 is 2.05 bits per heavy atom. The van der Waals surface area contributed by atoms with Crippen molar-refractivity contribution in [3.63, 3.8) is 0 Å². The molecule has 6 nitrogen and oxygen atoms in total. The first-order valence-corrected chi connectivity index (χ1v) is 7.74. The molecule has 0 bridgehead atoms. The average Bonchev–Trinajstić information content (AvgIpc) is 2.89. The molecule has 22 heavy (non-hydrogen) atoms. The van der Waals surface area contributed by atoms with Gasteiger partial charge in [-0.05, 0) is 18.2 Å². The third-order valence-electron chi connectivity index (χ3n) is 3.45. The van der Waals surface area contributed by atoms with Crippen LogP contribution in [0.4, 0.5) is 11.4 Å². The molecule has 1 fully saturated rings. The summed E-state index contributed by atoms with van der Waals surface area (Å²) in [5, 5.41) is 10.6. The van der Waals surface area contributed by atoms with Gasteiger partial charge in [-0.15, -0.1) is 11.8 Å². The molecular weight excluding hydrogens is 302 g/mol. The zero-order valence-corrected chi connectivity index (χ0v) is 12.7. The molecule has 112 valence electrons. The predicted octanol–water partition coefficient (Wildman–Crippen LogP) is 2.20. The molecular formula is C15H14N3O3S+. The van der Waals surface area contributed by atoms with Crippen molar-refractivity contribution in [3.05, 3.63) is 64.5 Å². The Kier molecular flexibility index (Phi) is 3.81. The second-order valence-electron chi connectivity index (χ2n) is 5.00. The van der Waals surface area contributed by atoms with Gasteiger partial charge < -0.3 is 0 Å². The van der Waals surface area contributed by atoms with Crippen LogP contribution in [0.15, 0.2) is 48.8 Å². The van der Waals surface area contributed by atoms with Crippen LogP contribution in [-0.2, 0) is 11.8 Å². The number of thioether (sulfide) groups is 1. The molecule has 1 aliphatic heterocycles. The minimum Gasteiger partial charge on any atom is -0.295 e. The SMILES string of the molecule is C[n+]1cccc(C2SCC(=O)N2c2ccc([N+](=O)[O-])cc2)c1. The summed E-state index contributed by atoms with van der Waals surface area (Å²) in [6.07, 6.45) is 3.91. The molecule has 1 saturated heterocycles. The van der Waals surface area contributed by atoms with Crippen molar-refractivity contribution in [2.45, 2.75) is 5.37 Å². The van der Waals surface area contributed by atoms with E-state index in [-0.39, 0.29) is 17.0 Å². The summed E-state index contributed by atoms with van der Waals surface area (Å²) in [5.41, 5.74) is 1.72. The van der Waals surface area contributed by atoms with E-state index in [2.05, 4.69) is 0 Å². The minimum atomic E-state index is -0.445. The minimum absolute atomic E-state index is 0.00959. The molecule has 7 heteroatoms. The highest BCUT2D eigenvalue weighted by Crippen LogP contribution is 2.41. The number of benzene rings is 1. The molecule has 0 spiro atoms. The van der Waals surface area contributed by atoms with E-state index >= 15 is 0 Å². The van der Waals surface area contributed by atoms with Crippen molar-refractivity contribution < 1.29 is 14.3 Å². The highest BCUT2D eigenvalue weighted by Gasteiger charge is 2.35. The first kappa shape index (κ1) is 14.5. The van der Waals surface area contributed by atoms with E-state index < -0.39 is 4.92 Å². The number of pyridine rings is 1. The van der Waals surface area contributed by atoms with Crippen molar-refractivity contribution in [1.82, 2.24) is 0 Å². The lowest BCUT2D eigenvalue weighted by Gasteiger charge is -2.23. The van der Waals surface area contributed by atoms with Crippen LogP contribution >= 0.6 is 11.8 Å². The summed E-state index contributed by atoms with van der Waals surface area (Å²) in [7, 11) is 1.93. The summed E-state index contributed by atoms with van der Waals surface area (Å²) >= 11 is 1.55. The summed E-state index contributed by atoms with van der Waals surface area (Å²) in [6, 6.07) is 10.0. The first-order chi connectivity index (χ1) is 10.6. The number of carbonyl (C=O) groups excluding carboxylic acids is 1. The Hall–Kier alpha value is -2.41. The van der Waals surface area contributed by atoms with Gasteiger partial charge in [-0.3, -0.25) is 19.8 Å². The Morgan fingerprint density at radius 3 is 2.68 bits per heavy atom. The maximum Gasteiger partial charge on any atom is 0.269 e. The summed E-state index contributed by atoms with van der Waals surface area (Å²) in [6.45, 7) is 0. The zero-order valence-electron chi connectivity index (χ0n) is 11.9. The number of hydrogen-bond acceptors (Lipinski definition) is 4. The van der Waals surface area contributed by atoms with E-state index in [1.165, 1.54) is 12.1 Å². The van der Waals surface area contributed by atoms with Crippen molar-refractivity contribution in [1.29, 1.82) is 0 Å². The standard InChI is InChI=1S/C15H14N3O3S/c1-16-8-2-3-11(9-16)15-17(14(19)10-22-15)12-4-6-13(7-5-12)18(20)21/h2-9,15H,10H2,1H3/q+1. The van der Waals surface area contributed by atoms with E-state index in [0.29, 0.717) is 11.4 Å². The maximum atomic E-state index is 12.2. The van der Waals surface area contributed by atoms with Gasteiger partial charge in [0, 0.05) is 29.4 Å². The molecule has 1 aromatic heterocycles. The summed E-state index contributed by atoms with van der Waals surface area (Å²) in [5.74, 6) is 0.413. The van der Waals surface area contributed by atoms with E-state index in [1.807, 2.05) is 36.1 Å². The number of amides is 1. The number of anilines is 1. The molecule has 2 heterocycles. The second-order valence-corrected chi connectivity index (χ2v) is 6.07. The molecule has 1 unspecified atom stereocenters. The number of rotatable bonds is 3. The Balaban J connectivity index is 1.95. The van der Waals surface area contributed by atoms with Crippen LogP contribution in [0.5, 0.6) is 0 Å². The topological polar surface area (TPSA) is 67.3 Å². The van der Waals surface area contributed by atoms with Gasteiger partial charge in [-0.1, -0.05) is 0 Å². The number of aromatic nitrogens is 1. The predicted molar refractivity (Wildman–Crippen MR) is 83.4 cm³/mol. The molecule has 1 aliphatic rings. The van der Waals surface area contributed by atoms with E-state index in [4.69, 9.17) is 0 Å². The highest BCUT2D eigenvalue weighted by atomic mass is 32.2. The van der Waals surface area contributed by atoms with Crippen LogP contribution < -0.4 is 9.47 Å². The third kappa shape index (κ3) is 2.67. The first-order valence-electron chi connectivity index (χ1n) is 6.69. The molecule has 1 aromatic carbocycles. The maximum absolute atomic E-state index is 12.2. The largest absolute Gasteiger partial charge is 0.295 e. The smallest absolute Gasteiger partial charge is 0.269 e. The molecule has 2 aromatic rings. The monoisotopic (exact) mass is 316 g/mol. The lowest BCUT2D eigenvalue weighted by Crippen LogP contribution is -2.31. The quantitative estimate of drug-likeness (QED) is 0.494.